The Balaban J connectivity index is 1.23. The molecule has 1 amide bonds. The number of halogens is 1. The van der Waals surface area contributed by atoms with Gasteiger partial charge in [0.15, 0.2) is 0 Å². The maximum atomic E-state index is 13.0. The van der Waals surface area contributed by atoms with E-state index in [-0.39, 0.29) is 30.5 Å². The van der Waals surface area contributed by atoms with Crippen LogP contribution in [-0.4, -0.2) is 77.0 Å². The van der Waals surface area contributed by atoms with Gasteiger partial charge in [0.05, 0.1) is 13.1 Å². The van der Waals surface area contributed by atoms with Crippen LogP contribution in [-0.2, 0) is 16.1 Å². The Morgan fingerprint density at radius 1 is 1.17 bits per heavy atom. The predicted molar refractivity (Wildman–Crippen MR) is 105 cm³/mol. The summed E-state index contributed by atoms with van der Waals surface area (Å²) in [6.45, 7) is 4.80. The van der Waals surface area contributed by atoms with Crippen LogP contribution < -0.4 is 4.74 Å². The molecule has 2 aromatic rings. The second-order valence-corrected chi connectivity index (χ2v) is 7.59. The lowest BCUT2D eigenvalue weighted by Gasteiger charge is -2.42. The van der Waals surface area contributed by atoms with Crippen molar-refractivity contribution in [1.29, 1.82) is 0 Å². The number of piperidine rings is 1. The summed E-state index contributed by atoms with van der Waals surface area (Å²) in [6, 6.07) is 8.12. The quantitative estimate of drug-likeness (QED) is 0.707. The summed E-state index contributed by atoms with van der Waals surface area (Å²) in [7, 11) is 0. The molecule has 4 rings (SSSR count). The fourth-order valence-corrected chi connectivity index (χ4v) is 3.95. The summed E-state index contributed by atoms with van der Waals surface area (Å²) in [6.07, 6.45) is 5.54. The fraction of sp³-hybridized carbons (Fsp3) is 0.524. The van der Waals surface area contributed by atoms with Crippen molar-refractivity contribution in [2.75, 3.05) is 39.4 Å². The summed E-state index contributed by atoms with van der Waals surface area (Å²) in [5, 5.41) is 4.24. The van der Waals surface area contributed by atoms with E-state index in [2.05, 4.69) is 10.00 Å². The number of morpholine rings is 1. The number of carbonyl (C=O) groups excluding carboxylic acids is 1. The molecule has 2 fully saturated rings. The number of aromatic nitrogens is 2. The summed E-state index contributed by atoms with van der Waals surface area (Å²) in [5.74, 6) is 0.362. The summed E-state index contributed by atoms with van der Waals surface area (Å²) in [4.78, 5) is 16.8. The number of rotatable bonds is 7. The summed E-state index contributed by atoms with van der Waals surface area (Å²) < 4.78 is 26.3. The van der Waals surface area contributed by atoms with Crippen LogP contribution in [0.2, 0.25) is 0 Å². The molecule has 1 atom stereocenters. The molecule has 8 heteroatoms. The third-order valence-electron chi connectivity index (χ3n) is 5.62. The van der Waals surface area contributed by atoms with Gasteiger partial charge in [0.1, 0.15) is 30.9 Å². The molecule has 2 saturated heterocycles. The lowest BCUT2D eigenvalue weighted by Crippen LogP contribution is -2.55. The first-order chi connectivity index (χ1) is 14.2. The molecule has 29 heavy (non-hydrogen) atoms. The van der Waals surface area contributed by atoms with Gasteiger partial charge in [-0.1, -0.05) is 0 Å². The lowest BCUT2D eigenvalue weighted by atomic mass is 10.0. The zero-order valence-electron chi connectivity index (χ0n) is 16.5. The van der Waals surface area contributed by atoms with Crippen LogP contribution in [0.4, 0.5) is 4.39 Å². The van der Waals surface area contributed by atoms with Crippen molar-refractivity contribution in [3.05, 3.63) is 48.5 Å². The Morgan fingerprint density at radius 3 is 2.69 bits per heavy atom. The van der Waals surface area contributed by atoms with Crippen molar-refractivity contribution in [2.24, 2.45) is 0 Å². The molecule has 0 aliphatic carbocycles. The van der Waals surface area contributed by atoms with Crippen LogP contribution in [0.3, 0.4) is 0 Å². The summed E-state index contributed by atoms with van der Waals surface area (Å²) >= 11 is 0. The molecule has 1 aromatic heterocycles. The predicted octanol–water partition coefficient (Wildman–Crippen LogP) is 1.79. The highest BCUT2D eigenvalue weighted by atomic mass is 19.1. The van der Waals surface area contributed by atoms with Crippen molar-refractivity contribution in [3.8, 4) is 5.75 Å². The molecule has 1 aromatic carbocycles. The van der Waals surface area contributed by atoms with Gasteiger partial charge < -0.3 is 19.3 Å². The van der Waals surface area contributed by atoms with Crippen LogP contribution in [0.5, 0.6) is 5.75 Å². The first-order valence-electron chi connectivity index (χ1n) is 10.2. The van der Waals surface area contributed by atoms with Crippen molar-refractivity contribution >= 4 is 5.91 Å². The van der Waals surface area contributed by atoms with Crippen molar-refractivity contribution in [2.45, 2.75) is 31.5 Å². The van der Waals surface area contributed by atoms with E-state index in [9.17, 15) is 9.18 Å². The SMILES string of the molecule is O=C1CO[C@@H](COc2ccc(F)cc2)CN1C1CCN(CCn2cccn2)CC1. The van der Waals surface area contributed by atoms with Gasteiger partial charge in [-0.15, -0.1) is 0 Å². The third-order valence-corrected chi connectivity index (χ3v) is 5.62. The van der Waals surface area contributed by atoms with Gasteiger partial charge in [0.2, 0.25) is 5.91 Å². The fourth-order valence-electron chi connectivity index (χ4n) is 3.95. The number of hydrogen-bond donors (Lipinski definition) is 0. The molecule has 3 heterocycles. The van der Waals surface area contributed by atoms with Crippen molar-refractivity contribution in [1.82, 2.24) is 19.6 Å². The number of ether oxygens (including phenoxy) is 2. The topological polar surface area (TPSA) is 59.8 Å². The maximum Gasteiger partial charge on any atom is 0.248 e. The molecule has 7 nitrogen and oxygen atoms in total. The van der Waals surface area contributed by atoms with Crippen LogP contribution in [0, 0.1) is 5.82 Å². The van der Waals surface area contributed by atoms with E-state index < -0.39 is 0 Å². The van der Waals surface area contributed by atoms with Gasteiger partial charge >= 0.3 is 0 Å². The molecule has 0 unspecified atom stereocenters. The van der Waals surface area contributed by atoms with Gasteiger partial charge in [-0.05, 0) is 43.2 Å². The smallest absolute Gasteiger partial charge is 0.248 e. The number of benzene rings is 1. The zero-order valence-corrected chi connectivity index (χ0v) is 16.5. The zero-order chi connectivity index (χ0) is 20.1. The number of nitrogens with zero attached hydrogens (tertiary/aromatic N) is 4. The molecule has 0 saturated carbocycles. The van der Waals surface area contributed by atoms with Crippen LogP contribution in [0.25, 0.3) is 0 Å². The minimum atomic E-state index is -0.293. The molecule has 2 aliphatic rings. The highest BCUT2D eigenvalue weighted by Gasteiger charge is 2.33. The minimum Gasteiger partial charge on any atom is -0.491 e. The van der Waals surface area contributed by atoms with Crippen molar-refractivity contribution in [3.63, 3.8) is 0 Å². The highest BCUT2D eigenvalue weighted by molar-refractivity contribution is 5.78. The second-order valence-electron chi connectivity index (χ2n) is 7.59. The first-order valence-corrected chi connectivity index (χ1v) is 10.2. The van der Waals surface area contributed by atoms with E-state index in [0.29, 0.717) is 18.9 Å². The molecule has 0 radical (unpaired) electrons. The monoisotopic (exact) mass is 402 g/mol. The Kier molecular flexibility index (Phi) is 6.41. The normalized spacial score (nSPS) is 21.5. The van der Waals surface area contributed by atoms with Gasteiger partial charge in [0.25, 0.3) is 0 Å². The van der Waals surface area contributed by atoms with Crippen molar-refractivity contribution < 1.29 is 18.7 Å². The Hall–Kier alpha value is -2.45. The van der Waals surface area contributed by atoms with Crippen LogP contribution in [0.15, 0.2) is 42.7 Å². The Labute approximate surface area is 170 Å². The first kappa shape index (κ1) is 19.8. The second kappa shape index (κ2) is 9.37. The third kappa shape index (κ3) is 5.33. The van der Waals surface area contributed by atoms with Gasteiger partial charge in [0, 0.05) is 38.1 Å². The van der Waals surface area contributed by atoms with E-state index in [0.717, 1.165) is 39.0 Å². The number of hydrogen-bond acceptors (Lipinski definition) is 5. The molecule has 0 bridgehead atoms. The van der Waals surface area contributed by atoms with E-state index in [4.69, 9.17) is 9.47 Å². The van der Waals surface area contributed by atoms with Crippen LogP contribution >= 0.6 is 0 Å². The Bertz CT molecular complexity index is 776. The highest BCUT2D eigenvalue weighted by Crippen LogP contribution is 2.21. The molecular formula is C21H27FN4O3. The lowest BCUT2D eigenvalue weighted by molar-refractivity contribution is -0.155. The maximum absolute atomic E-state index is 13.0. The van der Waals surface area contributed by atoms with E-state index in [1.54, 1.807) is 18.3 Å². The number of amides is 1. The largest absolute Gasteiger partial charge is 0.491 e. The molecular weight excluding hydrogens is 375 g/mol. The minimum absolute atomic E-state index is 0.0537. The molecule has 0 N–H and O–H groups in total. The Morgan fingerprint density at radius 2 is 1.97 bits per heavy atom. The van der Waals surface area contributed by atoms with Crippen LogP contribution in [0.1, 0.15) is 12.8 Å². The molecule has 2 aliphatic heterocycles. The van der Waals surface area contributed by atoms with Gasteiger partial charge in [-0.3, -0.25) is 9.48 Å². The average Bonchev–Trinajstić information content (AvgIpc) is 3.27. The molecule has 0 spiro atoms. The number of carbonyl (C=O) groups is 1. The van der Waals surface area contributed by atoms with E-state index >= 15 is 0 Å². The average molecular weight is 402 g/mol. The molecule has 156 valence electrons. The number of likely N-dealkylation sites (tertiary alicyclic amines) is 1. The summed E-state index contributed by atoms with van der Waals surface area (Å²) in [5.41, 5.74) is 0. The van der Waals surface area contributed by atoms with E-state index in [1.165, 1.54) is 12.1 Å². The van der Waals surface area contributed by atoms with Gasteiger partial charge in [-0.25, -0.2) is 4.39 Å². The standard InChI is InChI=1S/C21H27FN4O3/c22-17-2-4-19(5-3-17)28-15-20-14-26(21(27)16-29-20)18-6-10-24(11-7-18)12-13-25-9-1-8-23-25/h1-5,8-9,18,20H,6-7,10-16H2/t20-/m1/s1. The van der Waals surface area contributed by atoms with Gasteiger partial charge in [-0.2, -0.15) is 5.10 Å². The van der Waals surface area contributed by atoms with E-state index in [1.807, 2.05) is 21.8 Å².